The van der Waals surface area contributed by atoms with E-state index in [9.17, 15) is 8.42 Å². The van der Waals surface area contributed by atoms with Crippen LogP contribution in [0.5, 0.6) is 0 Å². The molecule has 4 aromatic rings. The molecule has 130 valence electrons. The smallest absolute Gasteiger partial charge is 0.237 e. The normalized spacial score (nSPS) is 11.6. The van der Waals surface area contributed by atoms with Crippen LogP contribution in [0.4, 0.5) is 11.5 Å². The van der Waals surface area contributed by atoms with Crippen molar-refractivity contribution in [1.29, 1.82) is 0 Å². The molecule has 26 heavy (non-hydrogen) atoms. The zero-order valence-corrected chi connectivity index (χ0v) is 14.8. The monoisotopic (exact) mass is 364 g/mol. The Bertz CT molecular complexity index is 1160. The summed E-state index contributed by atoms with van der Waals surface area (Å²) in [6.07, 6.45) is 4.63. The minimum Gasteiger partial charge on any atom is -0.281 e. The summed E-state index contributed by atoms with van der Waals surface area (Å²) in [4.78, 5) is 8.81. The number of anilines is 2. The van der Waals surface area contributed by atoms with Crippen molar-refractivity contribution in [3.05, 3.63) is 79.1 Å². The van der Waals surface area contributed by atoms with Gasteiger partial charge >= 0.3 is 0 Å². The van der Waals surface area contributed by atoms with Crippen LogP contribution in [0.15, 0.2) is 79.1 Å². The van der Waals surface area contributed by atoms with Gasteiger partial charge in [-0.15, -0.1) is 0 Å². The van der Waals surface area contributed by atoms with Gasteiger partial charge in [0.2, 0.25) is 15.8 Å². The highest BCUT2D eigenvalue weighted by molar-refractivity contribution is 7.92. The van der Waals surface area contributed by atoms with Crippen molar-refractivity contribution >= 4 is 27.3 Å². The van der Waals surface area contributed by atoms with E-state index in [0.717, 1.165) is 5.56 Å². The molecule has 0 unspecified atom stereocenters. The van der Waals surface area contributed by atoms with Gasteiger partial charge < -0.3 is 0 Å². The van der Waals surface area contributed by atoms with Crippen molar-refractivity contribution in [2.45, 2.75) is 0 Å². The minimum atomic E-state index is -3.62. The van der Waals surface area contributed by atoms with Crippen LogP contribution in [0.1, 0.15) is 0 Å². The fourth-order valence-electron chi connectivity index (χ4n) is 2.92. The molecule has 0 saturated carbocycles. The Morgan fingerprint density at radius 2 is 1.58 bits per heavy atom. The summed E-state index contributed by atoms with van der Waals surface area (Å²) in [6.45, 7) is 0. The van der Waals surface area contributed by atoms with E-state index in [4.69, 9.17) is 0 Å². The number of imidazole rings is 1. The van der Waals surface area contributed by atoms with Gasteiger partial charge in [0.05, 0.1) is 17.6 Å². The molecule has 2 heterocycles. The van der Waals surface area contributed by atoms with E-state index < -0.39 is 10.0 Å². The maximum Gasteiger partial charge on any atom is 0.237 e. The lowest BCUT2D eigenvalue weighted by Gasteiger charge is -2.21. The summed E-state index contributed by atoms with van der Waals surface area (Å²) in [5.41, 5.74) is 2.05. The highest BCUT2D eigenvalue weighted by atomic mass is 32.2. The van der Waals surface area contributed by atoms with E-state index in [-0.39, 0.29) is 0 Å². The number of benzene rings is 2. The summed E-state index contributed by atoms with van der Waals surface area (Å²) in [6, 6.07) is 20.3. The van der Waals surface area contributed by atoms with Crippen LogP contribution in [0.2, 0.25) is 0 Å². The molecule has 0 spiro atoms. The van der Waals surface area contributed by atoms with Gasteiger partial charge in [-0.25, -0.2) is 17.7 Å². The van der Waals surface area contributed by atoms with Crippen LogP contribution in [0.3, 0.4) is 0 Å². The molecule has 0 saturated heterocycles. The van der Waals surface area contributed by atoms with Gasteiger partial charge in [0.1, 0.15) is 0 Å². The van der Waals surface area contributed by atoms with Crippen molar-refractivity contribution < 1.29 is 8.42 Å². The van der Waals surface area contributed by atoms with Crippen LogP contribution in [0.25, 0.3) is 17.0 Å². The summed E-state index contributed by atoms with van der Waals surface area (Å²) < 4.78 is 28.3. The van der Waals surface area contributed by atoms with E-state index in [0.29, 0.717) is 23.0 Å². The first-order valence-electron chi connectivity index (χ1n) is 7.99. The van der Waals surface area contributed by atoms with Crippen molar-refractivity contribution in [3.8, 4) is 11.3 Å². The van der Waals surface area contributed by atoms with Gasteiger partial charge in [-0.3, -0.25) is 4.40 Å². The average molecular weight is 364 g/mol. The van der Waals surface area contributed by atoms with Crippen molar-refractivity contribution in [3.63, 3.8) is 0 Å². The Balaban J connectivity index is 2.07. The number of rotatable bonds is 4. The quantitative estimate of drug-likeness (QED) is 0.556. The van der Waals surface area contributed by atoms with E-state index in [1.807, 2.05) is 42.6 Å². The second-order valence-electron chi connectivity index (χ2n) is 5.80. The minimum absolute atomic E-state index is 0.323. The zero-order chi connectivity index (χ0) is 18.1. The SMILES string of the molecule is CS(=O)(=O)N(c1ccccc1)c1nc2ncccn2c1-c1ccccc1. The van der Waals surface area contributed by atoms with Crippen LogP contribution in [-0.2, 0) is 10.0 Å². The van der Waals surface area contributed by atoms with Crippen LogP contribution >= 0.6 is 0 Å². The summed E-state index contributed by atoms with van der Waals surface area (Å²) in [5.74, 6) is 0.759. The molecular formula is C19H16N4O2S. The van der Waals surface area contributed by atoms with Crippen LogP contribution in [0, 0.1) is 0 Å². The molecule has 2 aromatic carbocycles. The molecule has 0 aliphatic heterocycles. The number of hydrogen-bond acceptors (Lipinski definition) is 4. The lowest BCUT2D eigenvalue weighted by Crippen LogP contribution is -2.25. The Labute approximate surface area is 151 Å². The zero-order valence-electron chi connectivity index (χ0n) is 14.0. The standard InChI is InChI=1S/C19H16N4O2S/c1-26(24,25)23(16-11-6-3-7-12-16)18-17(15-9-4-2-5-10-15)22-14-8-13-20-19(22)21-18/h2-14H,1H3. The molecule has 0 radical (unpaired) electrons. The van der Waals surface area contributed by atoms with Crippen LogP contribution < -0.4 is 4.31 Å². The third-order valence-corrected chi connectivity index (χ3v) is 4.99. The molecule has 4 rings (SSSR count). The first kappa shape index (κ1) is 16.3. The fourth-order valence-corrected chi connectivity index (χ4v) is 3.86. The van der Waals surface area contributed by atoms with Crippen molar-refractivity contribution in [2.24, 2.45) is 0 Å². The third-order valence-electron chi connectivity index (χ3n) is 3.95. The largest absolute Gasteiger partial charge is 0.281 e. The summed E-state index contributed by atoms with van der Waals surface area (Å²) in [7, 11) is -3.62. The van der Waals surface area contributed by atoms with Gasteiger partial charge in [-0.2, -0.15) is 4.98 Å². The van der Waals surface area contributed by atoms with E-state index >= 15 is 0 Å². The number of para-hydroxylation sites is 1. The van der Waals surface area contributed by atoms with Gasteiger partial charge in [0, 0.05) is 18.0 Å². The molecule has 0 bridgehead atoms. The van der Waals surface area contributed by atoms with Crippen LogP contribution in [-0.4, -0.2) is 29.0 Å². The molecule has 6 nitrogen and oxygen atoms in total. The highest BCUT2D eigenvalue weighted by Gasteiger charge is 2.27. The first-order valence-corrected chi connectivity index (χ1v) is 9.84. The highest BCUT2D eigenvalue weighted by Crippen LogP contribution is 2.36. The number of nitrogens with zero attached hydrogens (tertiary/aromatic N) is 4. The van der Waals surface area contributed by atoms with E-state index in [1.54, 1.807) is 40.9 Å². The van der Waals surface area contributed by atoms with Crippen molar-refractivity contribution in [1.82, 2.24) is 14.4 Å². The average Bonchev–Trinajstić information content (AvgIpc) is 3.01. The molecule has 0 aliphatic rings. The Hall–Kier alpha value is -3.19. The predicted octanol–water partition coefficient (Wildman–Crippen LogP) is 3.49. The lowest BCUT2D eigenvalue weighted by atomic mass is 10.1. The molecule has 0 N–H and O–H groups in total. The maximum atomic E-state index is 12.6. The molecular weight excluding hydrogens is 348 g/mol. The fraction of sp³-hybridized carbons (Fsp3) is 0.0526. The Morgan fingerprint density at radius 3 is 2.23 bits per heavy atom. The molecule has 7 heteroatoms. The topological polar surface area (TPSA) is 67.6 Å². The maximum absolute atomic E-state index is 12.6. The molecule has 0 amide bonds. The molecule has 0 atom stereocenters. The molecule has 0 aliphatic carbocycles. The van der Waals surface area contributed by atoms with Gasteiger partial charge in [-0.1, -0.05) is 48.5 Å². The lowest BCUT2D eigenvalue weighted by molar-refractivity contribution is 0.601. The third kappa shape index (κ3) is 2.82. The second kappa shape index (κ2) is 6.27. The second-order valence-corrected chi connectivity index (χ2v) is 7.63. The molecule has 2 aromatic heterocycles. The number of sulfonamides is 1. The van der Waals surface area contributed by atoms with Crippen molar-refractivity contribution in [2.75, 3.05) is 10.6 Å². The van der Waals surface area contributed by atoms with Gasteiger partial charge in [0.15, 0.2) is 5.82 Å². The number of fused-ring (bicyclic) bond motifs is 1. The van der Waals surface area contributed by atoms with E-state index in [2.05, 4.69) is 9.97 Å². The van der Waals surface area contributed by atoms with E-state index in [1.165, 1.54) is 10.6 Å². The first-order chi connectivity index (χ1) is 12.6. The summed E-state index contributed by atoms with van der Waals surface area (Å²) >= 11 is 0. The number of aromatic nitrogens is 3. The van der Waals surface area contributed by atoms with Gasteiger partial charge in [0.25, 0.3) is 0 Å². The Kier molecular flexibility index (Phi) is 3.93. The number of hydrogen-bond donors (Lipinski definition) is 0. The molecule has 0 fully saturated rings. The predicted molar refractivity (Wildman–Crippen MR) is 102 cm³/mol. The van der Waals surface area contributed by atoms with Gasteiger partial charge in [-0.05, 0) is 18.2 Å². The Morgan fingerprint density at radius 1 is 0.923 bits per heavy atom. The summed E-state index contributed by atoms with van der Waals surface area (Å²) in [5, 5.41) is 0.